The quantitative estimate of drug-likeness (QED) is 0.440. The van der Waals surface area contributed by atoms with Crippen molar-refractivity contribution in [3.05, 3.63) is 70.7 Å². The Morgan fingerprint density at radius 1 is 1.03 bits per heavy atom. The normalized spacial score (nSPS) is 16.6. The molecule has 3 heteroatoms. The molecule has 0 aromatic heterocycles. The van der Waals surface area contributed by atoms with Gasteiger partial charge in [0.05, 0.1) is 11.5 Å². The Morgan fingerprint density at radius 3 is 2.34 bits per heavy atom. The van der Waals surface area contributed by atoms with Gasteiger partial charge in [0.2, 0.25) is 0 Å². The maximum atomic E-state index is 10.3. The number of rotatable bonds is 10. The van der Waals surface area contributed by atoms with Crippen molar-refractivity contribution >= 4 is 11.6 Å². The Morgan fingerprint density at radius 2 is 1.72 bits per heavy atom. The second-order valence-electron chi connectivity index (χ2n) is 8.34. The third-order valence-electron chi connectivity index (χ3n) is 6.66. The van der Waals surface area contributed by atoms with E-state index < -0.39 is 0 Å². The molecule has 2 nitrogen and oxygen atoms in total. The molecule has 0 saturated heterocycles. The zero-order chi connectivity index (χ0) is 20.5. The number of hydrogen-bond acceptors (Lipinski definition) is 2. The maximum absolute atomic E-state index is 10.3. The van der Waals surface area contributed by atoms with E-state index in [2.05, 4.69) is 60.4 Å². The highest BCUT2D eigenvalue weighted by atomic mass is 35.5. The molecule has 1 aliphatic carbocycles. The standard InChI is InChI=1S/C26H33ClN2/c1-2-29(20-17-22-9-4-3-5-10-22)19-8-18-26(21-28,23-11-6-7-12-23)24-13-15-25(27)16-14-24/h3-5,9-10,13-16,23H,2,6-8,11-12,17-20H2,1H3. The molecule has 0 radical (unpaired) electrons. The molecule has 0 spiro atoms. The molecule has 0 bridgehead atoms. The molecule has 1 saturated carbocycles. The molecule has 1 fully saturated rings. The Labute approximate surface area is 181 Å². The molecule has 1 atom stereocenters. The van der Waals surface area contributed by atoms with Gasteiger partial charge in [0, 0.05) is 11.6 Å². The highest BCUT2D eigenvalue weighted by Gasteiger charge is 2.41. The summed E-state index contributed by atoms with van der Waals surface area (Å²) in [5, 5.41) is 11.1. The fraction of sp³-hybridized carbons (Fsp3) is 0.500. The van der Waals surface area contributed by atoms with Crippen LogP contribution in [0.5, 0.6) is 0 Å². The van der Waals surface area contributed by atoms with E-state index in [1.807, 2.05) is 12.1 Å². The van der Waals surface area contributed by atoms with Crippen LogP contribution in [-0.2, 0) is 11.8 Å². The number of halogens is 1. The number of nitrogens with zero attached hydrogens (tertiary/aromatic N) is 2. The Kier molecular flexibility index (Phi) is 8.16. The first-order valence-corrected chi connectivity index (χ1v) is 11.5. The topological polar surface area (TPSA) is 27.0 Å². The molecule has 0 aliphatic heterocycles. The molecule has 1 aliphatic rings. The summed E-state index contributed by atoms with van der Waals surface area (Å²) in [4.78, 5) is 2.52. The first-order valence-electron chi connectivity index (χ1n) is 11.1. The van der Waals surface area contributed by atoms with Gasteiger partial charge in [0.1, 0.15) is 0 Å². The van der Waals surface area contributed by atoms with Crippen molar-refractivity contribution in [2.45, 2.75) is 57.3 Å². The molecule has 3 rings (SSSR count). The van der Waals surface area contributed by atoms with Crippen molar-refractivity contribution in [1.82, 2.24) is 4.90 Å². The van der Waals surface area contributed by atoms with Crippen LogP contribution in [0.4, 0.5) is 0 Å². The number of benzene rings is 2. The van der Waals surface area contributed by atoms with Crippen LogP contribution in [0.1, 0.15) is 56.6 Å². The van der Waals surface area contributed by atoms with Gasteiger partial charge in [-0.3, -0.25) is 0 Å². The van der Waals surface area contributed by atoms with Crippen molar-refractivity contribution in [1.29, 1.82) is 5.26 Å². The number of nitriles is 1. The van der Waals surface area contributed by atoms with E-state index in [1.54, 1.807) is 0 Å². The SMILES string of the molecule is CCN(CCCC(C#N)(c1ccc(Cl)cc1)C1CCCC1)CCc1ccccc1. The second-order valence-corrected chi connectivity index (χ2v) is 8.78. The third kappa shape index (κ3) is 5.62. The van der Waals surface area contributed by atoms with Gasteiger partial charge in [-0.15, -0.1) is 0 Å². The second kappa shape index (κ2) is 10.8. The Hall–Kier alpha value is -1.82. The third-order valence-corrected chi connectivity index (χ3v) is 6.92. The highest BCUT2D eigenvalue weighted by Crippen LogP contribution is 2.45. The number of likely N-dealkylation sites (N-methyl/N-ethyl adjacent to an activating group) is 1. The van der Waals surface area contributed by atoms with E-state index in [0.717, 1.165) is 49.5 Å². The van der Waals surface area contributed by atoms with Crippen LogP contribution < -0.4 is 0 Å². The molecule has 1 unspecified atom stereocenters. The number of hydrogen-bond donors (Lipinski definition) is 0. The fourth-order valence-electron chi connectivity index (χ4n) is 4.90. The van der Waals surface area contributed by atoms with Gasteiger partial charge in [-0.05, 0) is 74.4 Å². The van der Waals surface area contributed by atoms with Crippen molar-refractivity contribution in [3.63, 3.8) is 0 Å². The van der Waals surface area contributed by atoms with E-state index in [4.69, 9.17) is 11.6 Å². The molecule has 0 heterocycles. The predicted octanol–water partition coefficient (Wildman–Crippen LogP) is 6.64. The summed E-state index contributed by atoms with van der Waals surface area (Å²) in [6, 6.07) is 21.5. The van der Waals surface area contributed by atoms with Gasteiger partial charge >= 0.3 is 0 Å². The monoisotopic (exact) mass is 408 g/mol. The van der Waals surface area contributed by atoms with Gasteiger partial charge in [-0.2, -0.15) is 5.26 Å². The predicted molar refractivity (Wildman–Crippen MR) is 122 cm³/mol. The van der Waals surface area contributed by atoms with Crippen LogP contribution in [0.2, 0.25) is 5.02 Å². The zero-order valence-electron chi connectivity index (χ0n) is 17.6. The molecule has 154 valence electrons. The smallest absolute Gasteiger partial charge is 0.0850 e. The summed E-state index contributed by atoms with van der Waals surface area (Å²) in [7, 11) is 0. The summed E-state index contributed by atoms with van der Waals surface area (Å²) < 4.78 is 0. The van der Waals surface area contributed by atoms with Crippen LogP contribution in [0, 0.1) is 17.2 Å². The zero-order valence-corrected chi connectivity index (χ0v) is 18.4. The summed E-state index contributed by atoms with van der Waals surface area (Å²) in [5.41, 5.74) is 2.17. The molecular weight excluding hydrogens is 376 g/mol. The minimum atomic E-state index is -0.375. The fourth-order valence-corrected chi connectivity index (χ4v) is 5.03. The van der Waals surface area contributed by atoms with E-state index >= 15 is 0 Å². The average Bonchev–Trinajstić information content (AvgIpc) is 3.30. The van der Waals surface area contributed by atoms with Crippen LogP contribution in [0.25, 0.3) is 0 Å². The van der Waals surface area contributed by atoms with E-state index in [1.165, 1.54) is 31.2 Å². The lowest BCUT2D eigenvalue weighted by atomic mass is 9.67. The largest absolute Gasteiger partial charge is 0.303 e. The lowest BCUT2D eigenvalue weighted by Crippen LogP contribution is -2.34. The molecule has 2 aromatic carbocycles. The highest BCUT2D eigenvalue weighted by molar-refractivity contribution is 6.30. The van der Waals surface area contributed by atoms with Crippen LogP contribution in [-0.4, -0.2) is 24.5 Å². The van der Waals surface area contributed by atoms with Crippen LogP contribution in [0.3, 0.4) is 0 Å². The Bertz CT molecular complexity index is 775. The summed E-state index contributed by atoms with van der Waals surface area (Å²) in [6.07, 6.45) is 7.90. The van der Waals surface area contributed by atoms with Gasteiger partial charge in [-0.1, -0.05) is 73.8 Å². The molecule has 0 N–H and O–H groups in total. The maximum Gasteiger partial charge on any atom is 0.0850 e. The Balaban J connectivity index is 1.64. The molecule has 29 heavy (non-hydrogen) atoms. The first kappa shape index (κ1) is 21.9. The molecule has 0 amide bonds. The van der Waals surface area contributed by atoms with Crippen LogP contribution in [0.15, 0.2) is 54.6 Å². The van der Waals surface area contributed by atoms with Crippen molar-refractivity contribution < 1.29 is 0 Å². The van der Waals surface area contributed by atoms with Gasteiger partial charge in [-0.25, -0.2) is 0 Å². The van der Waals surface area contributed by atoms with Gasteiger partial charge in [0.25, 0.3) is 0 Å². The van der Waals surface area contributed by atoms with Crippen molar-refractivity contribution in [3.8, 4) is 6.07 Å². The summed E-state index contributed by atoms with van der Waals surface area (Å²) >= 11 is 6.13. The first-order chi connectivity index (χ1) is 14.2. The lowest BCUT2D eigenvalue weighted by molar-refractivity contribution is 0.255. The summed E-state index contributed by atoms with van der Waals surface area (Å²) in [6.45, 7) is 5.41. The van der Waals surface area contributed by atoms with Crippen molar-refractivity contribution in [2.75, 3.05) is 19.6 Å². The summed E-state index contributed by atoms with van der Waals surface area (Å²) in [5.74, 6) is 0.466. The van der Waals surface area contributed by atoms with E-state index in [0.29, 0.717) is 5.92 Å². The van der Waals surface area contributed by atoms with E-state index in [-0.39, 0.29) is 5.41 Å². The molecular formula is C26H33ClN2. The van der Waals surface area contributed by atoms with E-state index in [9.17, 15) is 5.26 Å². The van der Waals surface area contributed by atoms with Gasteiger partial charge in [0.15, 0.2) is 0 Å². The minimum absolute atomic E-state index is 0.375. The average molecular weight is 409 g/mol. The molecule has 2 aromatic rings. The van der Waals surface area contributed by atoms with Crippen LogP contribution >= 0.6 is 11.6 Å². The minimum Gasteiger partial charge on any atom is -0.303 e. The lowest BCUT2D eigenvalue weighted by Gasteiger charge is -2.34. The van der Waals surface area contributed by atoms with Gasteiger partial charge < -0.3 is 4.90 Å². The van der Waals surface area contributed by atoms with Crippen molar-refractivity contribution in [2.24, 2.45) is 5.92 Å².